The predicted octanol–water partition coefficient (Wildman–Crippen LogP) is 7.75. The molecule has 3 N–H and O–H groups in total. The second-order valence-electron chi connectivity index (χ2n) is 8.58. The Balaban J connectivity index is 1.42. The Morgan fingerprint density at radius 3 is 2.35 bits per heavy atom. The summed E-state index contributed by atoms with van der Waals surface area (Å²) in [5, 5.41) is 2.80. The minimum absolute atomic E-state index is 0.104. The van der Waals surface area contributed by atoms with Crippen LogP contribution in [0.25, 0.3) is 11.1 Å². The summed E-state index contributed by atoms with van der Waals surface area (Å²) in [6, 6.07) is 16.0. The van der Waals surface area contributed by atoms with Crippen LogP contribution in [0.1, 0.15) is 34.5 Å². The Kier molecular flexibility index (Phi) is 8.70. The van der Waals surface area contributed by atoms with Gasteiger partial charge in [-0.05, 0) is 60.5 Å². The molecule has 1 unspecified atom stereocenters. The number of carbonyl (C=O) groups excluding carboxylic acids is 1. The van der Waals surface area contributed by atoms with Crippen LogP contribution in [0.5, 0.6) is 11.5 Å². The first-order chi connectivity index (χ1) is 18.9. The summed E-state index contributed by atoms with van der Waals surface area (Å²) in [7, 11) is 0. The number of nitrogens with zero attached hydrogens (tertiary/aromatic N) is 1. The average Bonchev–Trinajstić information content (AvgIpc) is 2.91. The van der Waals surface area contributed by atoms with E-state index in [-0.39, 0.29) is 45.4 Å². The average molecular weight is 594 g/mol. The number of pyridine rings is 1. The van der Waals surface area contributed by atoms with Crippen molar-refractivity contribution in [1.82, 2.24) is 10.3 Å². The molecule has 0 aliphatic heterocycles. The molecule has 12 heteroatoms. The molecule has 0 radical (unpaired) electrons. The number of nitrogens with two attached hydrogens (primary N) is 1. The molecule has 3 aromatic carbocycles. The van der Waals surface area contributed by atoms with Crippen LogP contribution in [0.15, 0.2) is 72.9 Å². The van der Waals surface area contributed by atoms with Crippen molar-refractivity contribution in [3.8, 4) is 22.6 Å². The van der Waals surface area contributed by atoms with Gasteiger partial charge in [-0.1, -0.05) is 47.5 Å². The summed E-state index contributed by atoms with van der Waals surface area (Å²) in [6.07, 6.45) is -3.98. The lowest BCUT2D eigenvalue weighted by Gasteiger charge is -2.19. The zero-order chi connectivity index (χ0) is 29.0. The molecule has 0 aliphatic rings. The number of halogens is 6. The molecule has 1 amide bonds. The van der Waals surface area contributed by atoms with Gasteiger partial charge in [-0.2, -0.15) is 0 Å². The monoisotopic (exact) mass is 593 g/mol. The molecule has 1 atom stereocenters. The number of nitrogen functional groups attached to an aromatic ring is 1. The number of benzene rings is 3. The van der Waals surface area contributed by atoms with Gasteiger partial charge < -0.3 is 20.5 Å². The number of hydrogen-bond acceptors (Lipinski definition) is 5. The SMILES string of the molecule is CC(Oc1cc(-c2ccc(C(=O)NCc3ccc(OC(F)(F)F)cc3)cc2)cnc1N)c1c(Cl)ccc(F)c1Cl. The molecule has 0 bridgehead atoms. The summed E-state index contributed by atoms with van der Waals surface area (Å²) >= 11 is 12.3. The minimum atomic E-state index is -4.78. The molecule has 0 spiro atoms. The number of rotatable bonds is 8. The largest absolute Gasteiger partial charge is 0.573 e. The van der Waals surface area contributed by atoms with E-state index in [9.17, 15) is 22.4 Å². The second-order valence-corrected chi connectivity index (χ2v) is 9.36. The third-order valence-electron chi connectivity index (χ3n) is 5.76. The van der Waals surface area contributed by atoms with Crippen molar-refractivity contribution in [2.24, 2.45) is 0 Å². The van der Waals surface area contributed by atoms with Gasteiger partial charge in [-0.25, -0.2) is 9.37 Å². The third kappa shape index (κ3) is 7.13. The van der Waals surface area contributed by atoms with Crippen LogP contribution in [0.3, 0.4) is 0 Å². The first-order valence-electron chi connectivity index (χ1n) is 11.7. The van der Waals surface area contributed by atoms with Crippen molar-refractivity contribution in [2.75, 3.05) is 5.73 Å². The van der Waals surface area contributed by atoms with Crippen LogP contribution in [-0.4, -0.2) is 17.3 Å². The quantitative estimate of drug-likeness (QED) is 0.161. The molecule has 6 nitrogen and oxygen atoms in total. The summed E-state index contributed by atoms with van der Waals surface area (Å²) < 4.78 is 60.6. The Labute approximate surface area is 236 Å². The molecule has 0 aliphatic carbocycles. The fraction of sp³-hybridized carbons (Fsp3) is 0.143. The van der Waals surface area contributed by atoms with Crippen molar-refractivity contribution >= 4 is 34.9 Å². The van der Waals surface area contributed by atoms with E-state index in [1.54, 1.807) is 37.3 Å². The first kappa shape index (κ1) is 29.0. The maximum absolute atomic E-state index is 14.0. The van der Waals surface area contributed by atoms with Gasteiger partial charge in [-0.15, -0.1) is 13.2 Å². The van der Waals surface area contributed by atoms with Crippen molar-refractivity contribution in [3.63, 3.8) is 0 Å². The van der Waals surface area contributed by atoms with Gasteiger partial charge in [0.05, 0.1) is 5.02 Å². The van der Waals surface area contributed by atoms with Crippen LogP contribution >= 0.6 is 23.2 Å². The zero-order valence-corrected chi connectivity index (χ0v) is 22.2. The number of anilines is 1. The number of amides is 1. The molecular weight excluding hydrogens is 573 g/mol. The second kappa shape index (κ2) is 12.0. The maximum Gasteiger partial charge on any atom is 0.573 e. The van der Waals surface area contributed by atoms with Crippen LogP contribution < -0.4 is 20.5 Å². The van der Waals surface area contributed by atoms with Gasteiger partial charge in [0.25, 0.3) is 5.91 Å². The molecule has 0 saturated heterocycles. The van der Waals surface area contributed by atoms with Gasteiger partial charge in [-0.3, -0.25) is 4.79 Å². The van der Waals surface area contributed by atoms with Crippen molar-refractivity contribution in [1.29, 1.82) is 0 Å². The summed E-state index contributed by atoms with van der Waals surface area (Å²) in [5.41, 5.74) is 8.58. The van der Waals surface area contributed by atoms with Crippen LogP contribution in [0.4, 0.5) is 23.4 Å². The Bertz CT molecular complexity index is 1520. The van der Waals surface area contributed by atoms with E-state index in [1.807, 2.05) is 0 Å². The summed E-state index contributed by atoms with van der Waals surface area (Å²) in [5.74, 6) is -1.02. The number of hydrogen-bond donors (Lipinski definition) is 2. The van der Waals surface area contributed by atoms with Crippen LogP contribution in [0.2, 0.25) is 10.0 Å². The Hall–Kier alpha value is -4.02. The number of alkyl halides is 3. The van der Waals surface area contributed by atoms with E-state index in [0.29, 0.717) is 22.3 Å². The molecule has 0 fully saturated rings. The highest BCUT2D eigenvalue weighted by Crippen LogP contribution is 2.37. The number of aromatic nitrogens is 1. The maximum atomic E-state index is 14.0. The smallest absolute Gasteiger partial charge is 0.482 e. The van der Waals surface area contributed by atoms with E-state index >= 15 is 0 Å². The van der Waals surface area contributed by atoms with E-state index in [0.717, 1.165) is 6.07 Å². The topological polar surface area (TPSA) is 86.5 Å². The highest BCUT2D eigenvalue weighted by Gasteiger charge is 2.31. The number of carbonyl (C=O) groups is 1. The van der Waals surface area contributed by atoms with Gasteiger partial charge in [0.1, 0.15) is 17.7 Å². The van der Waals surface area contributed by atoms with E-state index < -0.39 is 18.3 Å². The predicted molar refractivity (Wildman–Crippen MR) is 144 cm³/mol. The molecule has 1 aromatic heterocycles. The van der Waals surface area contributed by atoms with Crippen molar-refractivity contribution in [2.45, 2.75) is 25.9 Å². The molecule has 4 rings (SSSR count). The molecular formula is C28H21Cl2F4N3O3. The van der Waals surface area contributed by atoms with E-state index in [1.165, 1.54) is 36.5 Å². The number of nitrogens with one attached hydrogen (secondary N) is 1. The zero-order valence-electron chi connectivity index (χ0n) is 20.7. The molecule has 40 heavy (non-hydrogen) atoms. The van der Waals surface area contributed by atoms with E-state index in [2.05, 4.69) is 15.0 Å². The summed E-state index contributed by atoms with van der Waals surface area (Å²) in [6.45, 7) is 1.75. The number of ether oxygens (including phenoxy) is 2. The van der Waals surface area contributed by atoms with Gasteiger partial charge in [0, 0.05) is 34.5 Å². The normalized spacial score (nSPS) is 12.1. The van der Waals surface area contributed by atoms with Gasteiger partial charge in [0.2, 0.25) is 0 Å². The summed E-state index contributed by atoms with van der Waals surface area (Å²) in [4.78, 5) is 16.7. The molecule has 4 aromatic rings. The van der Waals surface area contributed by atoms with Crippen molar-refractivity contribution in [3.05, 3.63) is 105 Å². The molecule has 208 valence electrons. The van der Waals surface area contributed by atoms with Crippen LogP contribution in [0, 0.1) is 5.82 Å². The lowest BCUT2D eigenvalue weighted by atomic mass is 10.0. The van der Waals surface area contributed by atoms with Crippen LogP contribution in [-0.2, 0) is 6.54 Å². The standard InChI is InChI=1S/C28H21Cl2F4N3O3/c1-15(24-21(29)10-11-22(31)25(24)30)39-23-12-19(14-36-26(23)35)17-4-6-18(7-5-17)27(38)37-13-16-2-8-20(9-3-16)40-28(32,33)34/h2-12,14-15H,13H2,1H3,(H2,35,36)(H,37,38). The van der Waals surface area contributed by atoms with E-state index in [4.69, 9.17) is 33.7 Å². The lowest BCUT2D eigenvalue weighted by molar-refractivity contribution is -0.274. The molecule has 0 saturated carbocycles. The third-order valence-corrected chi connectivity index (χ3v) is 6.48. The highest BCUT2D eigenvalue weighted by atomic mass is 35.5. The first-order valence-corrected chi connectivity index (χ1v) is 12.5. The Morgan fingerprint density at radius 2 is 1.70 bits per heavy atom. The van der Waals surface area contributed by atoms with Gasteiger partial charge >= 0.3 is 6.36 Å². The van der Waals surface area contributed by atoms with Crippen molar-refractivity contribution < 1.29 is 31.8 Å². The fourth-order valence-electron chi connectivity index (χ4n) is 3.78. The molecule has 1 heterocycles. The fourth-order valence-corrected chi connectivity index (χ4v) is 4.46. The van der Waals surface area contributed by atoms with Gasteiger partial charge in [0.15, 0.2) is 11.6 Å². The minimum Gasteiger partial charge on any atom is -0.482 e. The lowest BCUT2D eigenvalue weighted by Crippen LogP contribution is -2.22. The highest BCUT2D eigenvalue weighted by molar-refractivity contribution is 6.36. The Morgan fingerprint density at radius 1 is 1.02 bits per heavy atom.